The zero-order valence-electron chi connectivity index (χ0n) is 9.40. The largest absolute Gasteiger partial charge is 0.397 e. The maximum Gasteiger partial charge on any atom is 0.0618 e. The fraction of sp³-hybridized carbons (Fsp3) is 0.143. The summed E-state index contributed by atoms with van der Waals surface area (Å²) >= 11 is 0. The Morgan fingerprint density at radius 2 is 1.81 bits per heavy atom. The van der Waals surface area contributed by atoms with Gasteiger partial charge in [0.15, 0.2) is 0 Å². The van der Waals surface area contributed by atoms with Gasteiger partial charge in [-0.05, 0) is 36.2 Å². The van der Waals surface area contributed by atoms with Crippen molar-refractivity contribution in [1.29, 1.82) is 0 Å². The lowest BCUT2D eigenvalue weighted by atomic mass is 10.1. The highest BCUT2D eigenvalue weighted by Crippen LogP contribution is 2.24. The van der Waals surface area contributed by atoms with Crippen molar-refractivity contribution >= 4 is 17.1 Å². The van der Waals surface area contributed by atoms with Crippen LogP contribution in [0.4, 0.5) is 17.1 Å². The van der Waals surface area contributed by atoms with Crippen molar-refractivity contribution < 1.29 is 0 Å². The van der Waals surface area contributed by atoms with Crippen LogP contribution in [0.15, 0.2) is 48.5 Å². The molecule has 0 radical (unpaired) electrons. The molecule has 0 saturated carbocycles. The summed E-state index contributed by atoms with van der Waals surface area (Å²) in [5.41, 5.74) is 10.1. The lowest BCUT2D eigenvalue weighted by Crippen LogP contribution is -1.97. The Kier molecular flexibility index (Phi) is 3.10. The third-order valence-electron chi connectivity index (χ3n) is 2.58. The SMILES string of the molecule is CCc1ccc(Nc2ccccc2)c(N)c1. The highest BCUT2D eigenvalue weighted by molar-refractivity contribution is 5.73. The van der Waals surface area contributed by atoms with Crippen molar-refractivity contribution in [3.8, 4) is 0 Å². The van der Waals surface area contributed by atoms with Crippen molar-refractivity contribution in [2.75, 3.05) is 11.1 Å². The fourth-order valence-corrected chi connectivity index (χ4v) is 1.62. The molecule has 0 amide bonds. The maximum absolute atomic E-state index is 5.98. The van der Waals surface area contributed by atoms with E-state index in [0.717, 1.165) is 23.5 Å². The van der Waals surface area contributed by atoms with E-state index in [1.54, 1.807) is 0 Å². The standard InChI is InChI=1S/C14H16N2/c1-2-11-8-9-14(13(15)10-11)16-12-6-4-3-5-7-12/h3-10,16H,2,15H2,1H3. The molecular weight excluding hydrogens is 196 g/mol. The molecule has 2 heteroatoms. The molecule has 2 rings (SSSR count). The second kappa shape index (κ2) is 4.71. The van der Waals surface area contributed by atoms with Gasteiger partial charge in [-0.1, -0.05) is 31.2 Å². The number of nitrogens with one attached hydrogen (secondary N) is 1. The van der Waals surface area contributed by atoms with Gasteiger partial charge in [0.1, 0.15) is 0 Å². The molecule has 0 saturated heterocycles. The minimum Gasteiger partial charge on any atom is -0.397 e. The van der Waals surface area contributed by atoms with Crippen molar-refractivity contribution in [2.24, 2.45) is 0 Å². The minimum atomic E-state index is 0.795. The number of hydrogen-bond acceptors (Lipinski definition) is 2. The summed E-state index contributed by atoms with van der Waals surface area (Å²) in [7, 11) is 0. The highest BCUT2D eigenvalue weighted by atomic mass is 14.9. The van der Waals surface area contributed by atoms with Gasteiger partial charge < -0.3 is 11.1 Å². The Morgan fingerprint density at radius 1 is 1.06 bits per heavy atom. The van der Waals surface area contributed by atoms with Crippen LogP contribution in [-0.4, -0.2) is 0 Å². The van der Waals surface area contributed by atoms with Crippen LogP contribution in [-0.2, 0) is 6.42 Å². The summed E-state index contributed by atoms with van der Waals surface area (Å²) in [6.45, 7) is 2.12. The molecule has 16 heavy (non-hydrogen) atoms. The summed E-state index contributed by atoms with van der Waals surface area (Å²) in [4.78, 5) is 0. The molecule has 0 fully saturated rings. The second-order valence-corrected chi connectivity index (χ2v) is 3.77. The van der Waals surface area contributed by atoms with E-state index in [0.29, 0.717) is 0 Å². The molecule has 0 aliphatic heterocycles. The van der Waals surface area contributed by atoms with E-state index in [-0.39, 0.29) is 0 Å². The number of nitrogens with two attached hydrogens (primary N) is 1. The first-order chi connectivity index (χ1) is 7.79. The summed E-state index contributed by atoms with van der Waals surface area (Å²) in [5, 5.41) is 3.30. The molecule has 2 nitrogen and oxygen atoms in total. The third kappa shape index (κ3) is 2.34. The van der Waals surface area contributed by atoms with E-state index in [1.165, 1.54) is 5.56 Å². The number of rotatable bonds is 3. The van der Waals surface area contributed by atoms with Gasteiger partial charge in [0.2, 0.25) is 0 Å². The van der Waals surface area contributed by atoms with Gasteiger partial charge >= 0.3 is 0 Å². The molecular formula is C14H16N2. The van der Waals surface area contributed by atoms with E-state index in [1.807, 2.05) is 42.5 Å². The third-order valence-corrected chi connectivity index (χ3v) is 2.58. The molecule has 0 aliphatic carbocycles. The zero-order valence-corrected chi connectivity index (χ0v) is 9.40. The van der Waals surface area contributed by atoms with E-state index < -0.39 is 0 Å². The number of aryl methyl sites for hydroxylation is 1. The van der Waals surface area contributed by atoms with Gasteiger partial charge in [0, 0.05) is 5.69 Å². The van der Waals surface area contributed by atoms with Gasteiger partial charge in [-0.2, -0.15) is 0 Å². The van der Waals surface area contributed by atoms with E-state index >= 15 is 0 Å². The normalized spacial score (nSPS) is 10.1. The van der Waals surface area contributed by atoms with Crippen molar-refractivity contribution in [2.45, 2.75) is 13.3 Å². The zero-order chi connectivity index (χ0) is 11.4. The molecule has 0 aromatic heterocycles. The predicted octanol–water partition coefficient (Wildman–Crippen LogP) is 3.57. The van der Waals surface area contributed by atoms with Crippen LogP contribution >= 0.6 is 0 Å². The Labute approximate surface area is 96.1 Å². The molecule has 0 atom stereocenters. The molecule has 0 heterocycles. The van der Waals surface area contributed by atoms with E-state index in [2.05, 4.69) is 18.3 Å². The smallest absolute Gasteiger partial charge is 0.0618 e. The van der Waals surface area contributed by atoms with Crippen molar-refractivity contribution in [3.05, 3.63) is 54.1 Å². The van der Waals surface area contributed by atoms with Crippen LogP contribution in [0.3, 0.4) is 0 Å². The van der Waals surface area contributed by atoms with Crippen LogP contribution in [0.1, 0.15) is 12.5 Å². The van der Waals surface area contributed by atoms with Gasteiger partial charge in [0.05, 0.1) is 11.4 Å². The average molecular weight is 212 g/mol. The van der Waals surface area contributed by atoms with Gasteiger partial charge in [-0.25, -0.2) is 0 Å². The topological polar surface area (TPSA) is 38.0 Å². The lowest BCUT2D eigenvalue weighted by Gasteiger charge is -2.10. The molecule has 82 valence electrons. The van der Waals surface area contributed by atoms with E-state index in [9.17, 15) is 0 Å². The molecule has 0 bridgehead atoms. The summed E-state index contributed by atoms with van der Waals surface area (Å²) in [6, 6.07) is 16.2. The Bertz CT molecular complexity index is 463. The molecule has 2 aromatic rings. The number of anilines is 3. The van der Waals surface area contributed by atoms with Gasteiger partial charge in [0.25, 0.3) is 0 Å². The maximum atomic E-state index is 5.98. The highest BCUT2D eigenvalue weighted by Gasteiger charge is 2.00. The number of benzene rings is 2. The first kappa shape index (κ1) is 10.6. The number of hydrogen-bond donors (Lipinski definition) is 2. The van der Waals surface area contributed by atoms with Crippen LogP contribution in [0.5, 0.6) is 0 Å². The Hall–Kier alpha value is -1.96. The van der Waals surface area contributed by atoms with Crippen molar-refractivity contribution in [3.63, 3.8) is 0 Å². The first-order valence-corrected chi connectivity index (χ1v) is 5.50. The second-order valence-electron chi connectivity index (χ2n) is 3.77. The van der Waals surface area contributed by atoms with Gasteiger partial charge in [-0.15, -0.1) is 0 Å². The fourth-order valence-electron chi connectivity index (χ4n) is 1.62. The monoisotopic (exact) mass is 212 g/mol. The van der Waals surface area contributed by atoms with Crippen molar-refractivity contribution in [1.82, 2.24) is 0 Å². The van der Waals surface area contributed by atoms with Gasteiger partial charge in [-0.3, -0.25) is 0 Å². The van der Waals surface area contributed by atoms with Crippen LogP contribution in [0.2, 0.25) is 0 Å². The number of nitrogen functional groups attached to an aromatic ring is 1. The number of para-hydroxylation sites is 1. The molecule has 0 aliphatic rings. The van der Waals surface area contributed by atoms with Crippen LogP contribution in [0, 0.1) is 0 Å². The summed E-state index contributed by atoms with van der Waals surface area (Å²) < 4.78 is 0. The predicted molar refractivity (Wildman–Crippen MR) is 70.0 cm³/mol. The quantitative estimate of drug-likeness (QED) is 0.763. The molecule has 3 N–H and O–H groups in total. The lowest BCUT2D eigenvalue weighted by molar-refractivity contribution is 1.14. The minimum absolute atomic E-state index is 0.795. The molecule has 2 aromatic carbocycles. The Morgan fingerprint density at radius 3 is 2.44 bits per heavy atom. The molecule has 0 unspecified atom stereocenters. The Balaban J connectivity index is 2.22. The van der Waals surface area contributed by atoms with Crippen LogP contribution in [0.25, 0.3) is 0 Å². The summed E-state index contributed by atoms with van der Waals surface area (Å²) in [5.74, 6) is 0. The first-order valence-electron chi connectivity index (χ1n) is 5.50. The van der Waals surface area contributed by atoms with Crippen LogP contribution < -0.4 is 11.1 Å². The molecule has 0 spiro atoms. The summed E-state index contributed by atoms with van der Waals surface area (Å²) in [6.07, 6.45) is 1.01. The average Bonchev–Trinajstić information content (AvgIpc) is 2.33. The van der Waals surface area contributed by atoms with E-state index in [4.69, 9.17) is 5.73 Å².